The molecule has 0 aliphatic carbocycles. The number of anilines is 1. The van der Waals surface area contributed by atoms with Gasteiger partial charge in [0.1, 0.15) is 11.4 Å². The van der Waals surface area contributed by atoms with Crippen molar-refractivity contribution in [3.63, 3.8) is 0 Å². The molecule has 2 aromatic carbocycles. The Labute approximate surface area is 162 Å². The molecule has 27 heavy (non-hydrogen) atoms. The van der Waals surface area contributed by atoms with E-state index in [1.54, 1.807) is 41.3 Å². The van der Waals surface area contributed by atoms with Gasteiger partial charge in [-0.05, 0) is 37.3 Å². The Morgan fingerprint density at radius 1 is 1.15 bits per heavy atom. The predicted molar refractivity (Wildman–Crippen MR) is 104 cm³/mol. The number of carbonyl (C=O) groups excluding carboxylic acids is 1. The van der Waals surface area contributed by atoms with Crippen LogP contribution in [0.3, 0.4) is 0 Å². The molecule has 0 saturated carbocycles. The van der Waals surface area contributed by atoms with Gasteiger partial charge in [-0.3, -0.25) is 14.9 Å². The number of nitrogens with zero attached hydrogens (tertiary/aromatic N) is 3. The number of hydrogen-bond donors (Lipinski definition) is 0. The number of carbonyl (C=O) groups is 1. The van der Waals surface area contributed by atoms with Crippen molar-refractivity contribution in [3.05, 3.63) is 63.2 Å². The van der Waals surface area contributed by atoms with Gasteiger partial charge < -0.3 is 14.5 Å². The molecule has 0 aromatic heterocycles. The van der Waals surface area contributed by atoms with Gasteiger partial charge >= 0.3 is 0 Å². The molecule has 0 bridgehead atoms. The Bertz CT molecular complexity index is 833. The molecule has 1 amide bonds. The van der Waals surface area contributed by atoms with Crippen LogP contribution >= 0.6 is 11.6 Å². The topological polar surface area (TPSA) is 75.9 Å². The third kappa shape index (κ3) is 4.14. The highest BCUT2D eigenvalue weighted by Crippen LogP contribution is 2.35. The second-order valence-corrected chi connectivity index (χ2v) is 6.51. The number of benzene rings is 2. The van der Waals surface area contributed by atoms with Crippen LogP contribution in [0.5, 0.6) is 5.75 Å². The second kappa shape index (κ2) is 8.26. The Hall–Kier alpha value is -2.80. The van der Waals surface area contributed by atoms with E-state index in [4.69, 9.17) is 16.3 Å². The summed E-state index contributed by atoms with van der Waals surface area (Å²) in [6.45, 7) is 4.37. The van der Waals surface area contributed by atoms with Crippen LogP contribution in [0.2, 0.25) is 5.02 Å². The van der Waals surface area contributed by atoms with Gasteiger partial charge in [-0.25, -0.2) is 0 Å². The minimum Gasteiger partial charge on any atom is -0.494 e. The molecule has 0 N–H and O–H groups in total. The third-order valence-electron chi connectivity index (χ3n) is 4.46. The minimum atomic E-state index is -0.432. The molecule has 7 nitrogen and oxygen atoms in total. The van der Waals surface area contributed by atoms with Gasteiger partial charge in [0.15, 0.2) is 0 Å². The van der Waals surface area contributed by atoms with Crippen LogP contribution in [-0.4, -0.2) is 48.5 Å². The smallest absolute Gasteiger partial charge is 0.294 e. The fourth-order valence-corrected chi connectivity index (χ4v) is 3.43. The molecule has 0 spiro atoms. The van der Waals surface area contributed by atoms with Crippen molar-refractivity contribution in [1.29, 1.82) is 0 Å². The fraction of sp³-hybridized carbons (Fsp3) is 0.316. The van der Waals surface area contributed by atoms with Gasteiger partial charge in [0.05, 0.1) is 16.6 Å². The SMILES string of the molecule is CCOc1ccc(C(=O)N2CCN(c3c(Cl)cccc3[N+](=O)[O-])CC2)cc1. The number of rotatable bonds is 5. The Kier molecular flexibility index (Phi) is 5.81. The summed E-state index contributed by atoms with van der Waals surface area (Å²) in [6.07, 6.45) is 0. The molecule has 1 aliphatic heterocycles. The van der Waals surface area contributed by atoms with Crippen molar-refractivity contribution in [1.82, 2.24) is 4.90 Å². The fourth-order valence-electron chi connectivity index (χ4n) is 3.14. The molecule has 1 saturated heterocycles. The number of hydrogen-bond acceptors (Lipinski definition) is 5. The zero-order valence-corrected chi connectivity index (χ0v) is 15.7. The number of halogens is 1. The second-order valence-electron chi connectivity index (χ2n) is 6.10. The quantitative estimate of drug-likeness (QED) is 0.576. The summed E-state index contributed by atoms with van der Waals surface area (Å²) in [5, 5.41) is 11.6. The van der Waals surface area contributed by atoms with Crippen molar-refractivity contribution in [2.45, 2.75) is 6.92 Å². The lowest BCUT2D eigenvalue weighted by Crippen LogP contribution is -2.49. The van der Waals surface area contributed by atoms with Crippen LogP contribution in [-0.2, 0) is 0 Å². The van der Waals surface area contributed by atoms with Gasteiger partial charge in [0.25, 0.3) is 11.6 Å². The van der Waals surface area contributed by atoms with Crippen LogP contribution in [0.15, 0.2) is 42.5 Å². The molecule has 3 rings (SSSR count). The van der Waals surface area contributed by atoms with E-state index in [2.05, 4.69) is 0 Å². The molecule has 0 atom stereocenters. The summed E-state index contributed by atoms with van der Waals surface area (Å²) in [5.74, 6) is 0.663. The third-order valence-corrected chi connectivity index (χ3v) is 4.76. The minimum absolute atomic E-state index is 0.0196. The van der Waals surface area contributed by atoms with Crippen molar-refractivity contribution in [2.75, 3.05) is 37.7 Å². The summed E-state index contributed by atoms with van der Waals surface area (Å²) in [5.41, 5.74) is 0.988. The molecule has 0 unspecified atom stereocenters. The summed E-state index contributed by atoms with van der Waals surface area (Å²) in [7, 11) is 0. The monoisotopic (exact) mass is 389 g/mol. The zero-order chi connectivity index (χ0) is 19.4. The molecule has 1 heterocycles. The molecule has 1 aliphatic rings. The predicted octanol–water partition coefficient (Wildman–Crippen LogP) is 3.61. The maximum Gasteiger partial charge on any atom is 0.294 e. The van der Waals surface area contributed by atoms with Crippen molar-refractivity contribution in [3.8, 4) is 5.75 Å². The number of nitro benzene ring substituents is 1. The highest BCUT2D eigenvalue weighted by molar-refractivity contribution is 6.33. The Balaban J connectivity index is 1.69. The normalized spacial score (nSPS) is 14.1. The molecule has 0 radical (unpaired) electrons. The summed E-state index contributed by atoms with van der Waals surface area (Å²) >= 11 is 6.20. The van der Waals surface area contributed by atoms with Gasteiger partial charge in [-0.1, -0.05) is 17.7 Å². The van der Waals surface area contributed by atoms with Gasteiger partial charge in [0, 0.05) is 37.8 Å². The first kappa shape index (κ1) is 19.0. The van der Waals surface area contributed by atoms with Crippen LogP contribution in [0.25, 0.3) is 0 Å². The highest BCUT2D eigenvalue weighted by atomic mass is 35.5. The van der Waals surface area contributed by atoms with E-state index >= 15 is 0 Å². The standard InChI is InChI=1S/C19H20ClN3O4/c1-2-27-15-8-6-14(7-9-15)19(24)22-12-10-21(11-13-22)18-16(20)4-3-5-17(18)23(25)26/h3-9H,2,10-13H2,1H3. The first-order chi connectivity index (χ1) is 13.0. The van der Waals surface area contributed by atoms with E-state index < -0.39 is 4.92 Å². The summed E-state index contributed by atoms with van der Waals surface area (Å²) < 4.78 is 5.39. The number of ether oxygens (including phenoxy) is 1. The van der Waals surface area contributed by atoms with Crippen LogP contribution in [0, 0.1) is 10.1 Å². The van der Waals surface area contributed by atoms with Crippen molar-refractivity contribution in [2.24, 2.45) is 0 Å². The first-order valence-electron chi connectivity index (χ1n) is 8.71. The van der Waals surface area contributed by atoms with Crippen molar-refractivity contribution < 1.29 is 14.5 Å². The molecular weight excluding hydrogens is 370 g/mol. The van der Waals surface area contributed by atoms with Crippen molar-refractivity contribution >= 4 is 28.9 Å². The maximum absolute atomic E-state index is 12.7. The van der Waals surface area contributed by atoms with Gasteiger partial charge in [0.2, 0.25) is 0 Å². The average Bonchev–Trinajstić information content (AvgIpc) is 2.68. The van der Waals surface area contributed by atoms with E-state index in [0.29, 0.717) is 49.1 Å². The Morgan fingerprint density at radius 3 is 2.41 bits per heavy atom. The van der Waals surface area contributed by atoms with Crippen LogP contribution in [0.4, 0.5) is 11.4 Å². The van der Waals surface area contributed by atoms with Crippen LogP contribution in [0.1, 0.15) is 17.3 Å². The average molecular weight is 390 g/mol. The van der Waals surface area contributed by atoms with E-state index in [0.717, 1.165) is 5.75 Å². The lowest BCUT2D eigenvalue weighted by molar-refractivity contribution is -0.384. The van der Waals surface area contributed by atoms with E-state index in [1.165, 1.54) is 6.07 Å². The molecular formula is C19H20ClN3O4. The zero-order valence-electron chi connectivity index (χ0n) is 14.9. The number of para-hydroxylation sites is 1. The van der Waals surface area contributed by atoms with E-state index in [1.807, 2.05) is 11.8 Å². The van der Waals surface area contributed by atoms with E-state index in [9.17, 15) is 14.9 Å². The first-order valence-corrected chi connectivity index (χ1v) is 9.09. The largest absolute Gasteiger partial charge is 0.494 e. The maximum atomic E-state index is 12.7. The molecule has 8 heteroatoms. The number of amides is 1. The molecule has 1 fully saturated rings. The lowest BCUT2D eigenvalue weighted by Gasteiger charge is -2.36. The molecule has 142 valence electrons. The summed E-state index contributed by atoms with van der Waals surface area (Å²) in [4.78, 5) is 27.2. The number of piperazine rings is 1. The summed E-state index contributed by atoms with van der Waals surface area (Å²) in [6, 6.07) is 11.7. The van der Waals surface area contributed by atoms with Gasteiger partial charge in [-0.2, -0.15) is 0 Å². The highest BCUT2D eigenvalue weighted by Gasteiger charge is 2.28. The number of nitro groups is 1. The lowest BCUT2D eigenvalue weighted by atomic mass is 10.1. The van der Waals surface area contributed by atoms with Crippen LogP contribution < -0.4 is 9.64 Å². The molecule has 2 aromatic rings. The van der Waals surface area contributed by atoms with Gasteiger partial charge in [-0.15, -0.1) is 0 Å². The van der Waals surface area contributed by atoms with E-state index in [-0.39, 0.29) is 11.6 Å². The Morgan fingerprint density at radius 2 is 1.81 bits per heavy atom.